The van der Waals surface area contributed by atoms with Crippen LogP contribution in [0.4, 0.5) is 55.3 Å². The topological polar surface area (TPSA) is 74.8 Å². The van der Waals surface area contributed by atoms with Gasteiger partial charge < -0.3 is 0 Å². The van der Waals surface area contributed by atoms with E-state index in [9.17, 15) is 45.5 Å². The number of anilines is 2. The number of benzene rings is 7. The molecule has 2 aliphatic heterocycles. The van der Waals surface area contributed by atoms with Crippen LogP contribution in [-0.4, -0.2) is 23.6 Å². The smallest absolute Gasteiger partial charge is 0.266 e. The fraction of sp³-hybridized carbons (Fsp3) is 0. The third-order valence-corrected chi connectivity index (χ3v) is 10.9. The molecule has 7 aromatic rings. The zero-order chi connectivity index (χ0) is 40.5. The van der Waals surface area contributed by atoms with Crippen LogP contribution in [0, 0.1) is 58.2 Å². The Hall–Kier alpha value is -5.42. The Morgan fingerprint density at radius 2 is 0.500 bits per heavy atom. The van der Waals surface area contributed by atoms with Crippen molar-refractivity contribution in [1.82, 2.24) is 0 Å². The number of carbonyl (C=O) groups excluding carboxylic acids is 4. The summed E-state index contributed by atoms with van der Waals surface area (Å²) in [7, 11) is 0. The number of fused-ring (bicyclic) bond motifs is 2. The minimum absolute atomic E-state index is 0.145. The second-order valence-corrected chi connectivity index (χ2v) is 14.0. The van der Waals surface area contributed by atoms with Gasteiger partial charge in [0.25, 0.3) is 23.6 Å². The molecule has 2 aliphatic rings. The molecule has 0 radical (unpaired) electrons. The van der Waals surface area contributed by atoms with Gasteiger partial charge in [-0.05, 0) is 24.3 Å². The third-order valence-electron chi connectivity index (χ3n) is 9.67. The first-order chi connectivity index (χ1) is 26.3. The van der Waals surface area contributed by atoms with Gasteiger partial charge in [0.15, 0.2) is 46.5 Å². The van der Waals surface area contributed by atoms with Gasteiger partial charge in [0.1, 0.15) is 11.4 Å². The SMILES string of the molecule is O=C1c2cc(Cl)c3c4c(Cl)cc5c6c(cc(Cl)c(c7c(Cl)cc(c2c37)C(=O)N1c1c(F)c(F)c(F)c(F)c1F)c64)C(=O)N(c1c(F)c(F)c(F)c(F)c1F)C5=O. The number of carbonyl (C=O) groups is 4. The van der Waals surface area contributed by atoms with Gasteiger partial charge in [0.05, 0.1) is 22.3 Å². The van der Waals surface area contributed by atoms with Crippen LogP contribution in [0.1, 0.15) is 41.4 Å². The molecule has 56 heavy (non-hydrogen) atoms. The van der Waals surface area contributed by atoms with E-state index in [4.69, 9.17) is 46.4 Å². The molecule has 2 heterocycles. The molecule has 0 atom stereocenters. The fourth-order valence-corrected chi connectivity index (χ4v) is 8.64. The van der Waals surface area contributed by atoms with Crippen LogP contribution in [0.3, 0.4) is 0 Å². The third kappa shape index (κ3) is 4.16. The molecule has 0 aliphatic carbocycles. The average molecular weight is 860 g/mol. The van der Waals surface area contributed by atoms with E-state index >= 15 is 17.6 Å². The fourth-order valence-electron chi connectivity index (χ4n) is 7.44. The van der Waals surface area contributed by atoms with Crippen molar-refractivity contribution >= 4 is 124 Å². The lowest BCUT2D eigenvalue weighted by Crippen LogP contribution is -2.42. The molecule has 9 rings (SSSR count). The molecule has 0 spiro atoms. The molecule has 7 aromatic carbocycles. The lowest BCUT2D eigenvalue weighted by Gasteiger charge is -2.31. The maximum absolute atomic E-state index is 15.0. The van der Waals surface area contributed by atoms with Crippen molar-refractivity contribution in [2.24, 2.45) is 0 Å². The van der Waals surface area contributed by atoms with Gasteiger partial charge in [-0.3, -0.25) is 19.2 Å². The van der Waals surface area contributed by atoms with Crippen LogP contribution in [0.25, 0.3) is 43.1 Å². The number of nitrogens with zero attached hydrogens (tertiary/aromatic N) is 2. The molecule has 0 bridgehead atoms. The van der Waals surface area contributed by atoms with Crippen LogP contribution in [0.2, 0.25) is 20.1 Å². The highest BCUT2D eigenvalue weighted by Crippen LogP contribution is 2.54. The standard InChI is InChI=1S/C36H4Cl4F10N2O4/c37-9-1-5-13-6(34(54)51(33(5)53)31-27(47)23(43)21(41)24(44)28(31)48)2-11(39)17-18-12(40)4-8-14-7(3-10(38)16(20(14)18)15(9)19(13)17)35(55)52(36(8)56)32-29(49)25(45)22(42)26(46)30(32)50/h1-4H. The summed E-state index contributed by atoms with van der Waals surface area (Å²) >= 11 is 27.0. The van der Waals surface area contributed by atoms with E-state index in [0.717, 1.165) is 24.3 Å². The minimum Gasteiger partial charge on any atom is -0.268 e. The van der Waals surface area contributed by atoms with Crippen molar-refractivity contribution in [2.45, 2.75) is 0 Å². The van der Waals surface area contributed by atoms with Gasteiger partial charge in [0, 0.05) is 63.2 Å². The van der Waals surface area contributed by atoms with E-state index in [-0.39, 0.29) is 52.9 Å². The zero-order valence-electron chi connectivity index (χ0n) is 26.1. The van der Waals surface area contributed by atoms with E-state index in [1.165, 1.54) is 0 Å². The lowest BCUT2D eigenvalue weighted by atomic mass is 9.82. The molecule has 0 aromatic heterocycles. The first-order valence-corrected chi connectivity index (χ1v) is 16.6. The molecule has 0 unspecified atom stereocenters. The maximum Gasteiger partial charge on any atom is 0.266 e. The van der Waals surface area contributed by atoms with Gasteiger partial charge in [-0.2, -0.15) is 0 Å². The van der Waals surface area contributed by atoms with Gasteiger partial charge in [-0.25, -0.2) is 53.7 Å². The van der Waals surface area contributed by atoms with E-state index in [0.29, 0.717) is 0 Å². The van der Waals surface area contributed by atoms with Gasteiger partial charge >= 0.3 is 0 Å². The van der Waals surface area contributed by atoms with Crippen LogP contribution in [0.15, 0.2) is 24.3 Å². The molecule has 6 nitrogen and oxygen atoms in total. The monoisotopic (exact) mass is 858 g/mol. The zero-order valence-corrected chi connectivity index (χ0v) is 29.2. The molecule has 0 N–H and O–H groups in total. The molecule has 280 valence electrons. The Kier molecular flexibility index (Phi) is 7.48. The Morgan fingerprint density at radius 1 is 0.304 bits per heavy atom. The number of hydrogen-bond acceptors (Lipinski definition) is 4. The molecule has 20 heteroatoms. The van der Waals surface area contributed by atoms with Crippen molar-refractivity contribution in [1.29, 1.82) is 0 Å². The van der Waals surface area contributed by atoms with Crippen molar-refractivity contribution in [3.05, 3.63) is 125 Å². The highest BCUT2D eigenvalue weighted by atomic mass is 35.5. The van der Waals surface area contributed by atoms with E-state index in [2.05, 4.69) is 0 Å². The normalized spacial score (nSPS) is 14.3. The molecule has 4 amide bonds. The summed E-state index contributed by atoms with van der Waals surface area (Å²) in [5.74, 6) is -31.4. The first-order valence-electron chi connectivity index (χ1n) is 15.1. The van der Waals surface area contributed by atoms with Crippen molar-refractivity contribution in [3.8, 4) is 0 Å². The average Bonchev–Trinajstić information content (AvgIpc) is 3.16. The predicted octanol–water partition coefficient (Wildman–Crippen LogP) is 11.3. The summed E-state index contributed by atoms with van der Waals surface area (Å²) in [6, 6.07) is 3.53. The van der Waals surface area contributed by atoms with Gasteiger partial charge in [-0.15, -0.1) is 0 Å². The Balaban J connectivity index is 1.39. The Bertz CT molecular complexity index is 2800. The van der Waals surface area contributed by atoms with E-state index in [1.54, 1.807) is 0 Å². The number of halogens is 14. The second kappa shape index (κ2) is 11.6. The largest absolute Gasteiger partial charge is 0.268 e. The highest BCUT2D eigenvalue weighted by molar-refractivity contribution is 6.57. The summed E-state index contributed by atoms with van der Waals surface area (Å²) in [6.45, 7) is 0. The summed E-state index contributed by atoms with van der Waals surface area (Å²) in [6.07, 6.45) is 0. The number of imide groups is 2. The Labute approximate surface area is 321 Å². The lowest BCUT2D eigenvalue weighted by molar-refractivity contribution is 0.0874. The summed E-state index contributed by atoms with van der Waals surface area (Å²) in [5, 5.41) is -3.24. The van der Waals surface area contributed by atoms with Gasteiger partial charge in [0.2, 0.25) is 11.6 Å². The minimum atomic E-state index is -2.56. The van der Waals surface area contributed by atoms with Gasteiger partial charge in [-0.1, -0.05) is 46.4 Å². The van der Waals surface area contributed by atoms with Crippen LogP contribution >= 0.6 is 46.4 Å². The van der Waals surface area contributed by atoms with Crippen LogP contribution < -0.4 is 9.80 Å². The number of amides is 4. The molecular weight excluding hydrogens is 856 g/mol. The second-order valence-electron chi connectivity index (χ2n) is 12.4. The van der Waals surface area contributed by atoms with Crippen molar-refractivity contribution in [3.63, 3.8) is 0 Å². The maximum atomic E-state index is 15.0. The van der Waals surface area contributed by atoms with Crippen LogP contribution in [-0.2, 0) is 0 Å². The quantitative estimate of drug-likeness (QED) is 0.0433. The first kappa shape index (κ1) is 36.2. The Morgan fingerprint density at radius 3 is 0.714 bits per heavy atom. The summed E-state index contributed by atoms with van der Waals surface area (Å²) < 4.78 is 145. The van der Waals surface area contributed by atoms with E-state index < -0.39 is 136 Å². The van der Waals surface area contributed by atoms with Crippen LogP contribution in [0.5, 0.6) is 0 Å². The van der Waals surface area contributed by atoms with Crippen molar-refractivity contribution in [2.75, 3.05) is 9.80 Å². The summed E-state index contributed by atoms with van der Waals surface area (Å²) in [5.41, 5.74) is -6.20. The highest BCUT2D eigenvalue weighted by Gasteiger charge is 2.45. The van der Waals surface area contributed by atoms with E-state index in [1.807, 2.05) is 0 Å². The molecule has 0 fully saturated rings. The molecule has 0 saturated carbocycles. The molecular formula is C36H4Cl4F10N2O4. The summed E-state index contributed by atoms with van der Waals surface area (Å²) in [4.78, 5) is 55.1. The van der Waals surface area contributed by atoms with Crippen molar-refractivity contribution < 1.29 is 63.1 Å². The predicted molar refractivity (Wildman–Crippen MR) is 182 cm³/mol. The number of rotatable bonds is 2. The molecule has 0 saturated heterocycles. The number of hydrogen-bond donors (Lipinski definition) is 0.